The lowest BCUT2D eigenvalue weighted by Gasteiger charge is -2.44. The summed E-state index contributed by atoms with van der Waals surface area (Å²) in [6, 6.07) is 19.8. The number of hydrogen-bond donors (Lipinski definition) is 0. The van der Waals surface area contributed by atoms with Gasteiger partial charge in [-0.1, -0.05) is 48.5 Å². The van der Waals surface area contributed by atoms with E-state index in [-0.39, 0.29) is 5.91 Å². The molecule has 0 aromatic heterocycles. The van der Waals surface area contributed by atoms with Crippen LogP contribution in [-0.2, 0) is 14.3 Å². The van der Waals surface area contributed by atoms with Gasteiger partial charge < -0.3 is 14.4 Å². The maximum Gasteiger partial charge on any atom is 0.244 e. The lowest BCUT2D eigenvalue weighted by atomic mass is 9.71. The maximum atomic E-state index is 13.8. The fraction of sp³-hybridized carbons (Fsp3) is 0.348. The van der Waals surface area contributed by atoms with Crippen LogP contribution in [0.5, 0.6) is 0 Å². The minimum absolute atomic E-state index is 0.0662. The van der Waals surface area contributed by atoms with Gasteiger partial charge in [-0.05, 0) is 32.1 Å². The van der Waals surface area contributed by atoms with Gasteiger partial charge in [0.1, 0.15) is 11.2 Å². The third-order valence-corrected chi connectivity index (χ3v) is 5.90. The van der Waals surface area contributed by atoms with Crippen molar-refractivity contribution in [1.29, 1.82) is 0 Å². The highest BCUT2D eigenvalue weighted by molar-refractivity contribution is 6.02. The molecule has 1 amide bonds. The molecule has 2 aromatic rings. The maximum absolute atomic E-state index is 13.8. The summed E-state index contributed by atoms with van der Waals surface area (Å²) in [4.78, 5) is 15.7. The Hall–Kier alpha value is -2.59. The van der Waals surface area contributed by atoms with Gasteiger partial charge in [0.25, 0.3) is 0 Å². The molecule has 3 heterocycles. The van der Waals surface area contributed by atoms with E-state index < -0.39 is 16.8 Å². The van der Waals surface area contributed by atoms with Crippen LogP contribution >= 0.6 is 0 Å². The number of piperidine rings is 1. The molecule has 2 fully saturated rings. The molecule has 4 heteroatoms. The summed E-state index contributed by atoms with van der Waals surface area (Å²) >= 11 is 0. The van der Waals surface area contributed by atoms with Crippen molar-refractivity contribution in [3.8, 4) is 0 Å². The summed E-state index contributed by atoms with van der Waals surface area (Å²) in [5.74, 6) is -0.102. The largest absolute Gasteiger partial charge is 0.460 e. The third-order valence-electron chi connectivity index (χ3n) is 5.90. The Bertz CT molecular complexity index is 921. The van der Waals surface area contributed by atoms with Crippen molar-refractivity contribution in [3.63, 3.8) is 0 Å². The number of hydrogen-bond acceptors (Lipinski definition) is 3. The molecule has 0 saturated carbocycles. The summed E-state index contributed by atoms with van der Waals surface area (Å²) in [6.07, 6.45) is 3.27. The van der Waals surface area contributed by atoms with Crippen molar-refractivity contribution in [2.24, 2.45) is 5.41 Å². The van der Waals surface area contributed by atoms with Gasteiger partial charge in [-0.3, -0.25) is 4.79 Å². The van der Waals surface area contributed by atoms with Crippen molar-refractivity contribution < 1.29 is 14.3 Å². The molecule has 2 saturated heterocycles. The molecule has 0 radical (unpaired) electrons. The second kappa shape index (κ2) is 5.46. The Morgan fingerprint density at radius 2 is 1.63 bits per heavy atom. The number of amides is 1. The van der Waals surface area contributed by atoms with Gasteiger partial charge in [-0.2, -0.15) is 0 Å². The van der Waals surface area contributed by atoms with Crippen LogP contribution < -0.4 is 4.90 Å². The lowest BCUT2D eigenvalue weighted by Crippen LogP contribution is -2.59. The van der Waals surface area contributed by atoms with Gasteiger partial charge in [-0.15, -0.1) is 0 Å². The highest BCUT2D eigenvalue weighted by Gasteiger charge is 2.72. The number of benzene rings is 2. The monoisotopic (exact) mass is 361 g/mol. The Balaban J connectivity index is 1.63. The number of rotatable bonds is 2. The second-order valence-corrected chi connectivity index (χ2v) is 8.28. The van der Waals surface area contributed by atoms with Crippen LogP contribution in [0, 0.1) is 5.41 Å². The van der Waals surface area contributed by atoms with Gasteiger partial charge in [0, 0.05) is 30.6 Å². The van der Waals surface area contributed by atoms with Crippen LogP contribution in [0.2, 0.25) is 0 Å². The standard InChI is InChI=1S/C23H23NO3/c1-21(2)16-22-15-19(17-9-5-3-6-10-17)26-23(22,27-21)13-14-24(20(22)25)18-11-7-4-8-12-18/h3-12,15H,13-14,16H2,1-2H3. The second-order valence-electron chi connectivity index (χ2n) is 8.28. The molecular formula is C23H23NO3. The highest BCUT2D eigenvalue weighted by Crippen LogP contribution is 2.63. The number of para-hydroxylation sites is 1. The van der Waals surface area contributed by atoms with Crippen LogP contribution in [0.4, 0.5) is 5.69 Å². The van der Waals surface area contributed by atoms with Gasteiger partial charge in [0.2, 0.25) is 11.7 Å². The van der Waals surface area contributed by atoms with E-state index in [9.17, 15) is 4.79 Å². The van der Waals surface area contributed by atoms with E-state index in [0.717, 1.165) is 17.0 Å². The van der Waals surface area contributed by atoms with Crippen molar-refractivity contribution in [2.45, 2.75) is 38.1 Å². The molecule has 0 aliphatic carbocycles. The van der Waals surface area contributed by atoms with E-state index in [2.05, 4.69) is 0 Å². The van der Waals surface area contributed by atoms with Crippen molar-refractivity contribution >= 4 is 17.4 Å². The molecule has 3 aliphatic rings. The van der Waals surface area contributed by atoms with E-state index in [4.69, 9.17) is 9.47 Å². The Morgan fingerprint density at radius 1 is 0.963 bits per heavy atom. The number of carbonyl (C=O) groups excluding carboxylic acids is 1. The van der Waals surface area contributed by atoms with Gasteiger partial charge in [0.05, 0.1) is 5.60 Å². The van der Waals surface area contributed by atoms with Crippen LogP contribution in [0.1, 0.15) is 32.3 Å². The predicted molar refractivity (Wildman–Crippen MR) is 104 cm³/mol. The molecular weight excluding hydrogens is 338 g/mol. The topological polar surface area (TPSA) is 38.8 Å². The molecule has 0 spiro atoms. The average Bonchev–Trinajstić information content (AvgIpc) is 3.10. The molecule has 2 unspecified atom stereocenters. The summed E-state index contributed by atoms with van der Waals surface area (Å²) < 4.78 is 12.9. The highest BCUT2D eigenvalue weighted by atomic mass is 16.7. The fourth-order valence-corrected chi connectivity index (χ4v) is 4.91. The minimum atomic E-state index is -0.913. The quantitative estimate of drug-likeness (QED) is 0.797. The molecule has 138 valence electrons. The number of anilines is 1. The molecule has 4 nitrogen and oxygen atoms in total. The smallest absolute Gasteiger partial charge is 0.244 e. The zero-order chi connectivity index (χ0) is 18.7. The van der Waals surface area contributed by atoms with E-state index >= 15 is 0 Å². The van der Waals surface area contributed by atoms with E-state index in [1.54, 1.807) is 0 Å². The lowest BCUT2D eigenvalue weighted by molar-refractivity contribution is -0.235. The predicted octanol–water partition coefficient (Wildman–Crippen LogP) is 4.38. The summed E-state index contributed by atoms with van der Waals surface area (Å²) in [5.41, 5.74) is 0.696. The molecule has 0 bridgehead atoms. The molecule has 2 aromatic carbocycles. The normalized spacial score (nSPS) is 31.1. The Kier molecular flexibility index (Phi) is 3.35. The van der Waals surface area contributed by atoms with E-state index in [1.165, 1.54) is 0 Å². The summed E-state index contributed by atoms with van der Waals surface area (Å²) in [5, 5.41) is 0. The van der Waals surface area contributed by atoms with Crippen LogP contribution in [0.25, 0.3) is 5.76 Å². The Labute approximate surface area is 159 Å². The average molecular weight is 361 g/mol. The van der Waals surface area contributed by atoms with Gasteiger partial charge in [0.15, 0.2) is 0 Å². The first-order valence-corrected chi connectivity index (χ1v) is 9.49. The van der Waals surface area contributed by atoms with Crippen LogP contribution in [0.15, 0.2) is 66.7 Å². The van der Waals surface area contributed by atoms with Crippen LogP contribution in [0.3, 0.4) is 0 Å². The third kappa shape index (κ3) is 2.29. The number of ether oxygens (including phenoxy) is 2. The molecule has 2 atom stereocenters. The van der Waals surface area contributed by atoms with E-state index in [1.807, 2.05) is 85.5 Å². The van der Waals surface area contributed by atoms with Crippen molar-refractivity contribution in [1.82, 2.24) is 0 Å². The fourth-order valence-electron chi connectivity index (χ4n) is 4.91. The number of carbonyl (C=O) groups is 1. The first-order chi connectivity index (χ1) is 12.9. The first kappa shape index (κ1) is 16.6. The van der Waals surface area contributed by atoms with E-state index in [0.29, 0.717) is 19.4 Å². The van der Waals surface area contributed by atoms with Crippen molar-refractivity contribution in [2.75, 3.05) is 11.4 Å². The molecule has 27 heavy (non-hydrogen) atoms. The molecule has 0 N–H and O–H groups in total. The Morgan fingerprint density at radius 3 is 2.33 bits per heavy atom. The minimum Gasteiger partial charge on any atom is -0.460 e. The SMILES string of the molecule is CC1(C)CC23C=C(c4ccccc4)OC2(CCN(c2ccccc2)C3=O)O1. The number of nitrogens with zero attached hydrogens (tertiary/aromatic N) is 1. The molecule has 5 rings (SSSR count). The summed E-state index contributed by atoms with van der Waals surface area (Å²) in [7, 11) is 0. The first-order valence-electron chi connectivity index (χ1n) is 9.49. The van der Waals surface area contributed by atoms with Gasteiger partial charge in [-0.25, -0.2) is 0 Å². The van der Waals surface area contributed by atoms with Crippen LogP contribution in [-0.4, -0.2) is 23.8 Å². The van der Waals surface area contributed by atoms with Crippen molar-refractivity contribution in [3.05, 3.63) is 72.3 Å². The van der Waals surface area contributed by atoms with Gasteiger partial charge >= 0.3 is 0 Å². The summed E-state index contributed by atoms with van der Waals surface area (Å²) in [6.45, 7) is 4.66. The zero-order valence-electron chi connectivity index (χ0n) is 15.6. The molecule has 3 aliphatic heterocycles. The zero-order valence-corrected chi connectivity index (χ0v) is 15.6.